The number of methoxy groups -OCH3 is 1. The number of carbonyl (C=O) groups excluding carboxylic acids is 1. The number of benzene rings is 1. The molecule has 0 aliphatic carbocycles. The molecule has 1 amide bonds. The summed E-state index contributed by atoms with van der Waals surface area (Å²) in [5.41, 5.74) is 1.50. The largest absolute Gasteiger partial charge is 0.382 e. The molecule has 0 N–H and O–H groups in total. The Morgan fingerprint density at radius 2 is 2.17 bits per heavy atom. The summed E-state index contributed by atoms with van der Waals surface area (Å²) in [7, 11) is 3.42. The van der Waals surface area contributed by atoms with E-state index in [1.807, 2.05) is 47.8 Å². The number of pyridine rings is 1. The van der Waals surface area contributed by atoms with Gasteiger partial charge in [0.25, 0.3) is 5.91 Å². The number of nitrogens with zero attached hydrogens (tertiary/aromatic N) is 2. The zero-order chi connectivity index (χ0) is 16.2. The number of carbonyl (C=O) groups is 1. The van der Waals surface area contributed by atoms with Gasteiger partial charge in [0.05, 0.1) is 18.3 Å². The first-order valence-electron chi connectivity index (χ1n) is 7.35. The molecule has 0 aliphatic heterocycles. The van der Waals surface area contributed by atoms with Gasteiger partial charge < -0.3 is 9.64 Å². The van der Waals surface area contributed by atoms with Crippen molar-refractivity contribution in [2.24, 2.45) is 0 Å². The molecule has 0 saturated carbocycles. The number of fused-ring (bicyclic) bond motifs is 1. The van der Waals surface area contributed by atoms with E-state index in [2.05, 4.69) is 4.98 Å². The summed E-state index contributed by atoms with van der Waals surface area (Å²) in [5, 5.41) is 3.12. The van der Waals surface area contributed by atoms with E-state index in [1.54, 1.807) is 36.6 Å². The fourth-order valence-electron chi connectivity index (χ4n) is 2.57. The van der Waals surface area contributed by atoms with Gasteiger partial charge in [-0.15, -0.1) is 11.3 Å². The van der Waals surface area contributed by atoms with Gasteiger partial charge in [0, 0.05) is 30.6 Å². The first-order chi connectivity index (χ1) is 11.2. The van der Waals surface area contributed by atoms with Crippen molar-refractivity contribution in [2.45, 2.75) is 6.04 Å². The molecule has 0 radical (unpaired) electrons. The number of hydrogen-bond donors (Lipinski definition) is 0. The van der Waals surface area contributed by atoms with E-state index in [9.17, 15) is 4.79 Å². The van der Waals surface area contributed by atoms with Gasteiger partial charge in [0.15, 0.2) is 0 Å². The van der Waals surface area contributed by atoms with Gasteiger partial charge in [-0.05, 0) is 47.2 Å². The van der Waals surface area contributed by atoms with Gasteiger partial charge in [-0.1, -0.05) is 6.07 Å². The highest BCUT2D eigenvalue weighted by Crippen LogP contribution is 2.24. The Balaban J connectivity index is 1.89. The minimum absolute atomic E-state index is 0.0363. The topological polar surface area (TPSA) is 42.4 Å². The molecule has 4 nitrogen and oxygen atoms in total. The van der Waals surface area contributed by atoms with Crippen molar-refractivity contribution in [1.29, 1.82) is 0 Å². The van der Waals surface area contributed by atoms with Gasteiger partial charge in [0.1, 0.15) is 0 Å². The van der Waals surface area contributed by atoms with E-state index in [-0.39, 0.29) is 11.9 Å². The van der Waals surface area contributed by atoms with Crippen LogP contribution in [0, 0.1) is 0 Å². The van der Waals surface area contributed by atoms with Crippen LogP contribution in [-0.4, -0.2) is 36.6 Å². The molecule has 0 unspecified atom stereocenters. The van der Waals surface area contributed by atoms with E-state index in [4.69, 9.17) is 4.74 Å². The molecule has 2 aromatic heterocycles. The lowest BCUT2D eigenvalue weighted by molar-refractivity contribution is 0.0595. The summed E-state index contributed by atoms with van der Waals surface area (Å²) in [6.45, 7) is 0.403. The molecule has 2 heterocycles. The van der Waals surface area contributed by atoms with Gasteiger partial charge >= 0.3 is 0 Å². The maximum Gasteiger partial charge on any atom is 0.254 e. The molecule has 1 atom stereocenters. The van der Waals surface area contributed by atoms with Crippen molar-refractivity contribution >= 4 is 27.3 Å². The second-order valence-corrected chi connectivity index (χ2v) is 6.26. The third-order valence-electron chi connectivity index (χ3n) is 3.84. The fourth-order valence-corrected chi connectivity index (χ4v) is 3.34. The number of hydrogen-bond acceptors (Lipinski definition) is 4. The Hall–Kier alpha value is -2.24. The number of aromatic nitrogens is 1. The molecule has 0 saturated heterocycles. The number of thiophene rings is 1. The molecule has 0 bridgehead atoms. The SMILES string of the molecule is COC[C@H](c1ccccn1)N(C)C(=O)c1ccc2sccc2c1. The Morgan fingerprint density at radius 3 is 2.91 bits per heavy atom. The summed E-state index contributed by atoms with van der Waals surface area (Å²) in [6, 6.07) is 13.3. The van der Waals surface area contributed by atoms with Crippen molar-refractivity contribution in [3.05, 3.63) is 65.3 Å². The standard InChI is InChI=1S/C18H18N2O2S/c1-20(16(12-22-2)15-5-3-4-9-19-15)18(21)14-6-7-17-13(11-14)8-10-23-17/h3-11,16H,12H2,1-2H3/t16-/m1/s1. The van der Waals surface area contributed by atoms with Crippen LogP contribution in [0.3, 0.4) is 0 Å². The number of likely N-dealkylation sites (N-methyl/N-ethyl adjacent to an activating group) is 1. The zero-order valence-corrected chi connectivity index (χ0v) is 13.9. The Kier molecular flexibility index (Phi) is 4.69. The Morgan fingerprint density at radius 1 is 1.30 bits per heavy atom. The smallest absolute Gasteiger partial charge is 0.254 e. The first kappa shape index (κ1) is 15.6. The number of ether oxygens (including phenoxy) is 1. The van der Waals surface area contributed by atoms with Crippen molar-refractivity contribution in [1.82, 2.24) is 9.88 Å². The highest BCUT2D eigenvalue weighted by Gasteiger charge is 2.23. The lowest BCUT2D eigenvalue weighted by Crippen LogP contribution is -2.34. The Bertz CT molecular complexity index is 801. The summed E-state index contributed by atoms with van der Waals surface area (Å²) < 4.78 is 6.47. The van der Waals surface area contributed by atoms with Gasteiger partial charge in [-0.2, -0.15) is 0 Å². The van der Waals surface area contributed by atoms with Crippen molar-refractivity contribution < 1.29 is 9.53 Å². The molecular weight excluding hydrogens is 308 g/mol. The van der Waals surface area contributed by atoms with E-state index in [0.29, 0.717) is 12.2 Å². The van der Waals surface area contributed by atoms with Crippen molar-refractivity contribution in [2.75, 3.05) is 20.8 Å². The third kappa shape index (κ3) is 3.25. The molecule has 118 valence electrons. The molecule has 23 heavy (non-hydrogen) atoms. The Labute approximate surface area is 139 Å². The predicted octanol–water partition coefficient (Wildman–Crippen LogP) is 3.76. The number of rotatable bonds is 5. The second kappa shape index (κ2) is 6.89. The maximum absolute atomic E-state index is 12.8. The quantitative estimate of drug-likeness (QED) is 0.717. The highest BCUT2D eigenvalue weighted by molar-refractivity contribution is 7.17. The summed E-state index contributed by atoms with van der Waals surface area (Å²) >= 11 is 1.67. The molecule has 0 aliphatic rings. The zero-order valence-electron chi connectivity index (χ0n) is 13.1. The fraction of sp³-hybridized carbons (Fsp3) is 0.222. The maximum atomic E-state index is 12.8. The van der Waals surface area contributed by atoms with Crippen molar-refractivity contribution in [3.8, 4) is 0 Å². The first-order valence-corrected chi connectivity index (χ1v) is 8.23. The summed E-state index contributed by atoms with van der Waals surface area (Å²) in [5.74, 6) is -0.0363. The molecule has 0 spiro atoms. The average molecular weight is 326 g/mol. The lowest BCUT2D eigenvalue weighted by Gasteiger charge is -2.27. The van der Waals surface area contributed by atoms with Crippen LogP contribution in [0.4, 0.5) is 0 Å². The van der Waals surface area contributed by atoms with Crippen LogP contribution in [0.25, 0.3) is 10.1 Å². The van der Waals surface area contributed by atoms with Crippen LogP contribution in [-0.2, 0) is 4.74 Å². The lowest BCUT2D eigenvalue weighted by atomic mass is 10.1. The van der Waals surface area contributed by atoms with Crippen LogP contribution in [0.5, 0.6) is 0 Å². The van der Waals surface area contributed by atoms with Crippen LogP contribution >= 0.6 is 11.3 Å². The minimum Gasteiger partial charge on any atom is -0.382 e. The van der Waals surface area contributed by atoms with Crippen LogP contribution < -0.4 is 0 Å². The summed E-state index contributed by atoms with van der Waals surface area (Å²) in [4.78, 5) is 18.9. The van der Waals surface area contributed by atoms with Crippen LogP contribution in [0.15, 0.2) is 54.0 Å². The molecule has 1 aromatic carbocycles. The van der Waals surface area contributed by atoms with E-state index >= 15 is 0 Å². The van der Waals surface area contributed by atoms with Gasteiger partial charge in [0.2, 0.25) is 0 Å². The molecule has 3 rings (SSSR count). The minimum atomic E-state index is -0.216. The van der Waals surface area contributed by atoms with Crippen molar-refractivity contribution in [3.63, 3.8) is 0 Å². The van der Waals surface area contributed by atoms with Gasteiger partial charge in [-0.25, -0.2) is 0 Å². The normalized spacial score (nSPS) is 12.3. The predicted molar refractivity (Wildman–Crippen MR) is 92.8 cm³/mol. The van der Waals surface area contributed by atoms with Crippen LogP contribution in [0.2, 0.25) is 0 Å². The third-order valence-corrected chi connectivity index (χ3v) is 4.74. The molecular formula is C18H18N2O2S. The van der Waals surface area contributed by atoms with Crippen LogP contribution in [0.1, 0.15) is 22.1 Å². The molecule has 0 fully saturated rings. The monoisotopic (exact) mass is 326 g/mol. The van der Waals surface area contributed by atoms with Gasteiger partial charge in [-0.3, -0.25) is 9.78 Å². The van der Waals surface area contributed by atoms with E-state index in [0.717, 1.165) is 11.1 Å². The average Bonchev–Trinajstić information content (AvgIpc) is 3.07. The second-order valence-electron chi connectivity index (χ2n) is 5.32. The molecule has 5 heteroatoms. The highest BCUT2D eigenvalue weighted by atomic mass is 32.1. The summed E-state index contributed by atoms with van der Waals surface area (Å²) in [6.07, 6.45) is 1.73. The van der Waals surface area contributed by atoms with E-state index < -0.39 is 0 Å². The number of amides is 1. The van der Waals surface area contributed by atoms with E-state index in [1.165, 1.54) is 4.70 Å². The molecule has 3 aromatic rings.